The van der Waals surface area contributed by atoms with Gasteiger partial charge in [-0.2, -0.15) is 8.78 Å². The Kier molecular flexibility index (Phi) is 8.07. The number of allylic oxidation sites excluding steroid dienone is 1. The lowest BCUT2D eigenvalue weighted by atomic mass is 10.1. The van der Waals surface area contributed by atoms with Gasteiger partial charge in [-0.1, -0.05) is 0 Å². The Labute approximate surface area is 101 Å². The summed E-state index contributed by atoms with van der Waals surface area (Å²) < 4.78 is 29.3. The molecule has 0 spiro atoms. The molecule has 0 amide bonds. The van der Waals surface area contributed by atoms with Crippen LogP contribution in [0, 0.1) is 0 Å². The summed E-state index contributed by atoms with van der Waals surface area (Å²) in [5.74, 6) is 0. The minimum atomic E-state index is -1.55. The van der Waals surface area contributed by atoms with Crippen LogP contribution in [0.25, 0.3) is 0 Å². The normalized spacial score (nSPS) is 9.81. The van der Waals surface area contributed by atoms with E-state index in [1.165, 1.54) is 6.92 Å². The first kappa shape index (κ1) is 15.3. The second kappa shape index (κ2) is 8.44. The number of unbranched alkanes of at least 4 members (excludes halogenated alkanes) is 2. The zero-order chi connectivity index (χ0) is 12.6. The number of nitrogens with zero attached hydrogens (tertiary/aromatic N) is 1. The van der Waals surface area contributed by atoms with Crippen molar-refractivity contribution in [2.45, 2.75) is 32.6 Å². The van der Waals surface area contributed by atoms with Crippen LogP contribution >= 0.6 is 12.2 Å². The van der Waals surface area contributed by atoms with Crippen molar-refractivity contribution in [2.75, 3.05) is 20.7 Å². The van der Waals surface area contributed by atoms with Crippen molar-refractivity contribution in [1.29, 1.82) is 0 Å². The maximum Gasteiger partial charge on any atom is 0.269 e. The van der Waals surface area contributed by atoms with Gasteiger partial charge in [0.2, 0.25) is 0 Å². The molecular weight excluding hydrogens is 232 g/mol. The Bertz CT molecular complexity index is 250. The van der Waals surface area contributed by atoms with Gasteiger partial charge in [-0.05, 0) is 50.4 Å². The van der Waals surface area contributed by atoms with E-state index in [0.717, 1.165) is 19.3 Å². The number of thiocarbonyl (C=S) groups is 1. The first-order valence-electron chi connectivity index (χ1n) is 5.30. The topological polar surface area (TPSA) is 12.5 Å². The van der Waals surface area contributed by atoms with Gasteiger partial charge in [0.15, 0.2) is 0 Å². The molecule has 2 nitrogen and oxygen atoms in total. The van der Waals surface area contributed by atoms with Gasteiger partial charge in [-0.3, -0.25) is 0 Å². The van der Waals surface area contributed by atoms with Gasteiger partial charge >= 0.3 is 0 Å². The van der Waals surface area contributed by atoms with Crippen LogP contribution in [0.5, 0.6) is 0 Å². The number of halogens is 2. The largest absolute Gasteiger partial charge is 0.471 e. The van der Waals surface area contributed by atoms with Crippen LogP contribution in [0.2, 0.25) is 0 Å². The molecule has 0 aromatic rings. The molecule has 0 radical (unpaired) electrons. The monoisotopic (exact) mass is 251 g/mol. The van der Waals surface area contributed by atoms with Crippen molar-refractivity contribution in [3.05, 3.63) is 11.7 Å². The standard InChI is InChI=1S/C11H19F2NOS/c1-9(10(12)13)7-5-4-6-8-15-11(16)14(2)3/h4-8H2,1-3H3. The van der Waals surface area contributed by atoms with E-state index in [2.05, 4.69) is 0 Å². The summed E-state index contributed by atoms with van der Waals surface area (Å²) in [6, 6.07) is 0. The highest BCUT2D eigenvalue weighted by Gasteiger charge is 2.01. The highest BCUT2D eigenvalue weighted by Crippen LogP contribution is 2.14. The molecule has 0 saturated carbocycles. The SMILES string of the molecule is CC(CCCCCOC(=S)N(C)C)=C(F)F. The molecule has 0 aliphatic rings. The Balaban J connectivity index is 3.42. The van der Waals surface area contributed by atoms with Crippen LogP contribution in [0.15, 0.2) is 11.7 Å². The fourth-order valence-electron chi connectivity index (χ4n) is 1.05. The highest BCUT2D eigenvalue weighted by molar-refractivity contribution is 7.80. The number of ether oxygens (including phenoxy) is 1. The molecule has 0 N–H and O–H groups in total. The van der Waals surface area contributed by atoms with E-state index >= 15 is 0 Å². The summed E-state index contributed by atoms with van der Waals surface area (Å²) in [6.45, 7) is 2.02. The van der Waals surface area contributed by atoms with Gasteiger partial charge in [-0.15, -0.1) is 0 Å². The first-order valence-corrected chi connectivity index (χ1v) is 5.70. The fraction of sp³-hybridized carbons (Fsp3) is 0.727. The van der Waals surface area contributed by atoms with Crippen LogP contribution in [0.1, 0.15) is 32.6 Å². The maximum absolute atomic E-state index is 12.0. The van der Waals surface area contributed by atoms with Gasteiger partial charge in [0.05, 0.1) is 6.61 Å². The third-order valence-electron chi connectivity index (χ3n) is 2.11. The molecule has 0 unspecified atom stereocenters. The van der Waals surface area contributed by atoms with Crippen LogP contribution in [-0.4, -0.2) is 30.8 Å². The van der Waals surface area contributed by atoms with Crippen molar-refractivity contribution >= 4 is 17.4 Å². The van der Waals surface area contributed by atoms with Gasteiger partial charge in [0.25, 0.3) is 11.3 Å². The lowest BCUT2D eigenvalue weighted by Crippen LogP contribution is -2.22. The predicted octanol–water partition coefficient (Wildman–Crippen LogP) is 3.58. The van der Waals surface area contributed by atoms with Crippen molar-refractivity contribution in [2.24, 2.45) is 0 Å². The molecule has 0 heterocycles. The van der Waals surface area contributed by atoms with Gasteiger partial charge in [0.1, 0.15) is 0 Å². The Morgan fingerprint density at radius 2 is 1.81 bits per heavy atom. The van der Waals surface area contributed by atoms with Crippen LogP contribution in [0.3, 0.4) is 0 Å². The molecule has 0 bridgehead atoms. The Morgan fingerprint density at radius 3 is 2.31 bits per heavy atom. The van der Waals surface area contributed by atoms with Crippen molar-refractivity contribution in [3.8, 4) is 0 Å². The van der Waals surface area contributed by atoms with Crippen LogP contribution in [-0.2, 0) is 4.74 Å². The van der Waals surface area contributed by atoms with Crippen LogP contribution in [0.4, 0.5) is 8.78 Å². The molecule has 0 saturated heterocycles. The average molecular weight is 251 g/mol. The lowest BCUT2D eigenvalue weighted by molar-refractivity contribution is 0.260. The Hall–Kier alpha value is -0.710. The van der Waals surface area contributed by atoms with Gasteiger partial charge < -0.3 is 9.64 Å². The third kappa shape index (κ3) is 7.56. The molecule has 0 aromatic carbocycles. The minimum absolute atomic E-state index is 0.185. The van der Waals surface area contributed by atoms with Crippen molar-refractivity contribution in [1.82, 2.24) is 4.90 Å². The molecule has 0 aliphatic carbocycles. The summed E-state index contributed by atoms with van der Waals surface area (Å²) in [6.07, 6.45) is 1.39. The summed E-state index contributed by atoms with van der Waals surface area (Å²) >= 11 is 4.93. The molecule has 0 fully saturated rings. The maximum atomic E-state index is 12.0. The molecule has 0 aromatic heterocycles. The molecule has 0 atom stereocenters. The van der Waals surface area contributed by atoms with Crippen LogP contribution < -0.4 is 0 Å². The lowest BCUT2D eigenvalue weighted by Gasteiger charge is -2.14. The molecule has 94 valence electrons. The molecule has 5 heteroatoms. The molecule has 0 rings (SSSR count). The van der Waals surface area contributed by atoms with Crippen molar-refractivity contribution < 1.29 is 13.5 Å². The first-order chi connectivity index (χ1) is 7.45. The second-order valence-electron chi connectivity index (χ2n) is 3.86. The second-order valence-corrected chi connectivity index (χ2v) is 4.21. The molecule has 16 heavy (non-hydrogen) atoms. The van der Waals surface area contributed by atoms with E-state index in [1.54, 1.807) is 4.90 Å². The number of rotatable bonds is 6. The zero-order valence-electron chi connectivity index (χ0n) is 10.1. The van der Waals surface area contributed by atoms with E-state index in [0.29, 0.717) is 18.2 Å². The van der Waals surface area contributed by atoms with E-state index in [4.69, 9.17) is 17.0 Å². The van der Waals surface area contributed by atoms with Crippen molar-refractivity contribution in [3.63, 3.8) is 0 Å². The van der Waals surface area contributed by atoms with E-state index in [1.807, 2.05) is 14.1 Å². The predicted molar refractivity (Wildman–Crippen MR) is 65.6 cm³/mol. The Morgan fingerprint density at radius 1 is 1.19 bits per heavy atom. The fourth-order valence-corrected chi connectivity index (χ4v) is 1.14. The zero-order valence-corrected chi connectivity index (χ0v) is 10.9. The smallest absolute Gasteiger partial charge is 0.269 e. The van der Waals surface area contributed by atoms with Gasteiger partial charge in [-0.25, -0.2) is 0 Å². The summed E-state index contributed by atoms with van der Waals surface area (Å²) in [4.78, 5) is 1.72. The highest BCUT2D eigenvalue weighted by atomic mass is 32.1. The minimum Gasteiger partial charge on any atom is -0.471 e. The summed E-state index contributed by atoms with van der Waals surface area (Å²) in [5, 5.41) is 0.464. The summed E-state index contributed by atoms with van der Waals surface area (Å²) in [5.41, 5.74) is 0.185. The average Bonchev–Trinajstić information content (AvgIpc) is 2.21. The number of hydrogen-bond donors (Lipinski definition) is 0. The molecular formula is C11H19F2NOS. The van der Waals surface area contributed by atoms with E-state index < -0.39 is 6.08 Å². The quantitative estimate of drug-likeness (QED) is 0.529. The molecule has 0 aliphatic heterocycles. The number of hydrogen-bond acceptors (Lipinski definition) is 2. The van der Waals surface area contributed by atoms with Gasteiger partial charge in [0, 0.05) is 14.1 Å². The van der Waals surface area contributed by atoms with E-state index in [-0.39, 0.29) is 5.57 Å². The summed E-state index contributed by atoms with van der Waals surface area (Å²) in [7, 11) is 3.64. The van der Waals surface area contributed by atoms with E-state index in [9.17, 15) is 8.78 Å². The third-order valence-corrected chi connectivity index (χ3v) is 2.59.